The number of rotatable bonds is 5. The van der Waals surface area contributed by atoms with Crippen LogP contribution in [-0.2, 0) is 0 Å². The van der Waals surface area contributed by atoms with Crippen LogP contribution in [0, 0.1) is 0 Å². The number of hydrogen-bond donors (Lipinski definition) is 0. The standard InChI is InChI=1S/C37H28N4/c1-25-33-18-9-8-15-31(33)24-34(38-25)27-21-19-26(20-22-27)30-16-10-17-32(23-30)37-40-35(28-11-4-2-5-12-28)39-36(41-37)29-13-6-3-7-14-29/h2-25,35H,1H3/q-2. The highest BCUT2D eigenvalue weighted by atomic mass is 15.2. The second-order valence-corrected chi connectivity index (χ2v) is 10.3. The molecule has 0 fully saturated rings. The third kappa shape index (κ3) is 5.08. The highest BCUT2D eigenvalue weighted by Crippen LogP contribution is 2.40. The third-order valence-electron chi connectivity index (χ3n) is 7.54. The molecule has 41 heavy (non-hydrogen) atoms. The van der Waals surface area contributed by atoms with Gasteiger partial charge in [-0.2, -0.15) is 0 Å². The fraction of sp³-hybridized carbons (Fsp3) is 0.0811. The Morgan fingerprint density at radius 3 is 2.02 bits per heavy atom. The van der Waals surface area contributed by atoms with E-state index in [1.165, 1.54) is 11.1 Å². The van der Waals surface area contributed by atoms with E-state index in [1.54, 1.807) is 0 Å². The van der Waals surface area contributed by atoms with Gasteiger partial charge in [0.1, 0.15) is 0 Å². The van der Waals surface area contributed by atoms with Crippen molar-refractivity contribution in [3.05, 3.63) is 177 Å². The van der Waals surface area contributed by atoms with Crippen molar-refractivity contribution in [1.82, 2.24) is 0 Å². The van der Waals surface area contributed by atoms with Crippen molar-refractivity contribution >= 4 is 23.4 Å². The summed E-state index contributed by atoms with van der Waals surface area (Å²) in [6.45, 7) is 2.15. The van der Waals surface area contributed by atoms with E-state index in [2.05, 4.69) is 97.9 Å². The first-order valence-electron chi connectivity index (χ1n) is 13.9. The molecular formula is C37H28N4-2. The van der Waals surface area contributed by atoms with Crippen molar-refractivity contribution < 1.29 is 0 Å². The molecule has 0 N–H and O–H groups in total. The maximum atomic E-state index is 4.98. The average Bonchev–Trinajstić information content (AvgIpc) is 3.05. The lowest BCUT2D eigenvalue weighted by Gasteiger charge is -2.38. The molecule has 198 valence electrons. The summed E-state index contributed by atoms with van der Waals surface area (Å²) in [7, 11) is 0. The summed E-state index contributed by atoms with van der Waals surface area (Å²) < 4.78 is 0. The Morgan fingerprint density at radius 2 is 1.22 bits per heavy atom. The van der Waals surface area contributed by atoms with Gasteiger partial charge in [-0.15, -0.1) is 5.70 Å². The van der Waals surface area contributed by atoms with E-state index < -0.39 is 0 Å². The summed E-state index contributed by atoms with van der Waals surface area (Å²) in [6, 6.07) is 46.0. The second-order valence-electron chi connectivity index (χ2n) is 10.3. The van der Waals surface area contributed by atoms with Gasteiger partial charge in [-0.1, -0.05) is 158 Å². The first-order chi connectivity index (χ1) is 20.2. The van der Waals surface area contributed by atoms with E-state index >= 15 is 0 Å². The Hall–Kier alpha value is -5.22. The minimum atomic E-state index is -0.345. The Morgan fingerprint density at radius 1 is 0.561 bits per heavy atom. The summed E-state index contributed by atoms with van der Waals surface area (Å²) in [4.78, 5) is 9.81. The monoisotopic (exact) mass is 528 g/mol. The molecule has 2 heterocycles. The lowest BCUT2D eigenvalue weighted by molar-refractivity contribution is 0.878. The topological polar surface area (TPSA) is 52.9 Å². The maximum absolute atomic E-state index is 4.98. The van der Waals surface area contributed by atoms with E-state index in [0.717, 1.165) is 39.1 Å². The van der Waals surface area contributed by atoms with Crippen LogP contribution in [0.2, 0.25) is 0 Å². The molecule has 4 nitrogen and oxygen atoms in total. The van der Waals surface area contributed by atoms with Crippen molar-refractivity contribution in [2.45, 2.75) is 19.1 Å². The minimum absolute atomic E-state index is 0.145. The fourth-order valence-corrected chi connectivity index (χ4v) is 5.37. The molecule has 0 spiro atoms. The predicted molar refractivity (Wildman–Crippen MR) is 170 cm³/mol. The second kappa shape index (κ2) is 10.7. The highest BCUT2D eigenvalue weighted by Gasteiger charge is 2.14. The molecule has 5 aromatic carbocycles. The van der Waals surface area contributed by atoms with Crippen molar-refractivity contribution in [3.63, 3.8) is 0 Å². The molecule has 0 aliphatic carbocycles. The quantitative estimate of drug-likeness (QED) is 0.218. The smallest absolute Gasteiger partial charge is 0.0822 e. The Bertz CT molecular complexity index is 1780. The number of benzene rings is 5. The van der Waals surface area contributed by atoms with Crippen molar-refractivity contribution in [2.75, 3.05) is 0 Å². The van der Waals surface area contributed by atoms with E-state index in [9.17, 15) is 0 Å². The van der Waals surface area contributed by atoms with Gasteiger partial charge in [0.15, 0.2) is 0 Å². The molecule has 7 rings (SSSR count). The number of amidine groups is 2. The van der Waals surface area contributed by atoms with Crippen LogP contribution in [-0.4, -0.2) is 11.7 Å². The Balaban J connectivity index is 1.20. The average molecular weight is 529 g/mol. The van der Waals surface area contributed by atoms with Gasteiger partial charge in [-0.05, 0) is 45.0 Å². The van der Waals surface area contributed by atoms with Crippen LogP contribution in [0.1, 0.15) is 52.5 Å². The van der Waals surface area contributed by atoms with Crippen LogP contribution in [0.4, 0.5) is 0 Å². The Labute approximate surface area is 240 Å². The molecule has 2 aliphatic rings. The molecule has 0 amide bonds. The fourth-order valence-electron chi connectivity index (χ4n) is 5.37. The van der Waals surface area contributed by atoms with Crippen LogP contribution in [0.15, 0.2) is 143 Å². The lowest BCUT2D eigenvalue weighted by atomic mass is 9.94. The molecule has 2 atom stereocenters. The van der Waals surface area contributed by atoms with Crippen molar-refractivity contribution in [2.24, 2.45) is 9.98 Å². The van der Waals surface area contributed by atoms with E-state index in [1.807, 2.05) is 48.5 Å². The van der Waals surface area contributed by atoms with Crippen LogP contribution in [0.3, 0.4) is 0 Å². The van der Waals surface area contributed by atoms with Crippen molar-refractivity contribution in [3.8, 4) is 11.1 Å². The van der Waals surface area contributed by atoms with Gasteiger partial charge >= 0.3 is 0 Å². The summed E-state index contributed by atoms with van der Waals surface area (Å²) in [6.07, 6.45) is 1.84. The molecule has 4 heteroatoms. The molecule has 0 aromatic heterocycles. The van der Waals surface area contributed by atoms with E-state index in [0.29, 0.717) is 11.7 Å². The summed E-state index contributed by atoms with van der Waals surface area (Å²) in [5, 5.41) is 9.93. The van der Waals surface area contributed by atoms with Crippen LogP contribution in [0.25, 0.3) is 33.5 Å². The van der Waals surface area contributed by atoms with Gasteiger partial charge < -0.3 is 15.6 Å². The minimum Gasteiger partial charge on any atom is -0.678 e. The zero-order valence-electron chi connectivity index (χ0n) is 22.7. The molecule has 2 unspecified atom stereocenters. The highest BCUT2D eigenvalue weighted by molar-refractivity contribution is 6.19. The molecule has 0 bridgehead atoms. The SMILES string of the molecule is CC1[N-]C(c2ccc(-c3cccc(C4=NC(c5ccccc5)=NC(c5ccccc5)[N-]4)c3)cc2)=Cc2ccccc21. The van der Waals surface area contributed by atoms with Gasteiger partial charge in [0.05, 0.1) is 12.0 Å². The lowest BCUT2D eigenvalue weighted by Crippen LogP contribution is -2.15. The number of aliphatic imine (C=N–C) groups is 2. The maximum Gasteiger partial charge on any atom is 0.0822 e. The number of fused-ring (bicyclic) bond motifs is 1. The number of hydrogen-bond acceptors (Lipinski definition) is 2. The van der Waals surface area contributed by atoms with Gasteiger partial charge in [0.2, 0.25) is 0 Å². The largest absolute Gasteiger partial charge is 0.678 e. The first kappa shape index (κ1) is 24.8. The van der Waals surface area contributed by atoms with Crippen molar-refractivity contribution in [1.29, 1.82) is 0 Å². The van der Waals surface area contributed by atoms with Crippen LogP contribution in [0.5, 0.6) is 0 Å². The first-order valence-corrected chi connectivity index (χ1v) is 13.9. The van der Waals surface area contributed by atoms with Gasteiger partial charge in [-0.3, -0.25) is 4.99 Å². The molecule has 0 saturated carbocycles. The van der Waals surface area contributed by atoms with Gasteiger partial charge in [-0.25, -0.2) is 0 Å². The predicted octanol–water partition coefficient (Wildman–Crippen LogP) is 9.58. The third-order valence-corrected chi connectivity index (χ3v) is 7.54. The molecule has 0 radical (unpaired) electrons. The van der Waals surface area contributed by atoms with Crippen LogP contribution < -0.4 is 0 Å². The number of nitrogens with zero attached hydrogens (tertiary/aromatic N) is 4. The van der Waals surface area contributed by atoms with Gasteiger partial charge in [0, 0.05) is 0 Å². The summed E-state index contributed by atoms with van der Waals surface area (Å²) >= 11 is 0. The summed E-state index contributed by atoms with van der Waals surface area (Å²) in [5.41, 5.74) is 9.88. The zero-order valence-corrected chi connectivity index (χ0v) is 22.7. The van der Waals surface area contributed by atoms with E-state index in [-0.39, 0.29) is 12.2 Å². The van der Waals surface area contributed by atoms with Gasteiger partial charge in [0.25, 0.3) is 0 Å². The normalized spacial score (nSPS) is 17.7. The molecule has 0 saturated heterocycles. The van der Waals surface area contributed by atoms with Crippen LogP contribution >= 0.6 is 0 Å². The Kier molecular flexibility index (Phi) is 6.50. The zero-order chi connectivity index (χ0) is 27.6. The molecular weight excluding hydrogens is 500 g/mol. The molecule has 2 aliphatic heterocycles. The summed E-state index contributed by atoms with van der Waals surface area (Å²) in [5.74, 6) is 1.38. The van der Waals surface area contributed by atoms with E-state index in [4.69, 9.17) is 20.6 Å². The molecule has 5 aromatic rings.